The molecule has 2 aromatic heterocycles. The van der Waals surface area contributed by atoms with Crippen molar-refractivity contribution >= 4 is 5.91 Å². The van der Waals surface area contributed by atoms with E-state index in [1.807, 2.05) is 14.1 Å². The lowest BCUT2D eigenvalue weighted by molar-refractivity contribution is 0.0952. The molecule has 0 saturated heterocycles. The Morgan fingerprint density at radius 2 is 2.05 bits per heavy atom. The van der Waals surface area contributed by atoms with Crippen molar-refractivity contribution in [2.45, 2.75) is 6.42 Å². The summed E-state index contributed by atoms with van der Waals surface area (Å²) >= 11 is 0. The summed E-state index contributed by atoms with van der Waals surface area (Å²) in [5.74, 6) is 0.575. The highest BCUT2D eigenvalue weighted by molar-refractivity contribution is 5.93. The van der Waals surface area contributed by atoms with E-state index in [9.17, 15) is 4.79 Å². The van der Waals surface area contributed by atoms with Crippen molar-refractivity contribution in [3.05, 3.63) is 36.5 Å². The molecule has 1 amide bonds. The first kappa shape index (κ1) is 14.1. The molecule has 0 saturated carbocycles. The van der Waals surface area contributed by atoms with Crippen molar-refractivity contribution in [2.75, 3.05) is 27.2 Å². The van der Waals surface area contributed by atoms with Gasteiger partial charge in [0.05, 0.1) is 5.56 Å². The maximum atomic E-state index is 11.9. The number of hydrogen-bond acceptors (Lipinski definition) is 5. The van der Waals surface area contributed by atoms with Crippen molar-refractivity contribution in [1.29, 1.82) is 0 Å². The number of hydrogen-bond donors (Lipinski definition) is 1. The van der Waals surface area contributed by atoms with E-state index in [4.69, 9.17) is 0 Å². The summed E-state index contributed by atoms with van der Waals surface area (Å²) in [6.07, 6.45) is 5.59. The predicted molar refractivity (Wildman–Crippen MR) is 74.7 cm³/mol. The third-order valence-corrected chi connectivity index (χ3v) is 2.76. The summed E-state index contributed by atoms with van der Waals surface area (Å²) in [5, 5.41) is 10.3. The van der Waals surface area contributed by atoms with Crippen molar-refractivity contribution in [2.24, 2.45) is 0 Å². The van der Waals surface area contributed by atoms with E-state index < -0.39 is 0 Å². The molecule has 0 aliphatic heterocycles. The Kier molecular flexibility index (Phi) is 4.78. The van der Waals surface area contributed by atoms with Gasteiger partial charge in [-0.1, -0.05) is 0 Å². The van der Waals surface area contributed by atoms with E-state index in [1.54, 1.807) is 35.6 Å². The van der Waals surface area contributed by atoms with E-state index >= 15 is 0 Å². The van der Waals surface area contributed by atoms with Crippen LogP contribution in [0, 0.1) is 0 Å². The van der Waals surface area contributed by atoms with Crippen LogP contribution in [0.5, 0.6) is 0 Å². The molecular weight excluding hydrogens is 256 g/mol. The molecule has 0 aliphatic rings. The number of carbonyl (C=O) groups is 1. The molecule has 20 heavy (non-hydrogen) atoms. The number of aromatic nitrogens is 4. The predicted octanol–water partition coefficient (Wildman–Crippen LogP) is 0.344. The first-order valence-corrected chi connectivity index (χ1v) is 6.41. The molecule has 0 aromatic carbocycles. The summed E-state index contributed by atoms with van der Waals surface area (Å²) < 4.78 is 1.68. The van der Waals surface area contributed by atoms with Crippen LogP contribution < -0.4 is 5.32 Å². The molecule has 0 unspecified atom stereocenters. The molecule has 7 heteroatoms. The van der Waals surface area contributed by atoms with Gasteiger partial charge in [0.15, 0.2) is 0 Å². The number of nitrogens with one attached hydrogen (secondary N) is 1. The van der Waals surface area contributed by atoms with Gasteiger partial charge in [0.25, 0.3) is 5.91 Å². The summed E-state index contributed by atoms with van der Waals surface area (Å²) in [5.41, 5.74) is 0.548. The van der Waals surface area contributed by atoms with Crippen LogP contribution in [0.2, 0.25) is 0 Å². The van der Waals surface area contributed by atoms with Crippen LogP contribution in [0.25, 0.3) is 5.82 Å². The van der Waals surface area contributed by atoms with Crippen molar-refractivity contribution < 1.29 is 4.79 Å². The SMILES string of the molecule is CN(C)CCCNC(=O)c1ccc(-n2cnnc2)nc1. The normalized spacial score (nSPS) is 10.8. The Hall–Kier alpha value is -2.28. The molecule has 2 heterocycles. The van der Waals surface area contributed by atoms with Crippen LogP contribution in [0.15, 0.2) is 31.0 Å². The van der Waals surface area contributed by atoms with Gasteiger partial charge in [-0.25, -0.2) is 4.98 Å². The Morgan fingerprint density at radius 3 is 2.65 bits per heavy atom. The van der Waals surface area contributed by atoms with Crippen LogP contribution in [-0.2, 0) is 0 Å². The Morgan fingerprint density at radius 1 is 1.30 bits per heavy atom. The minimum absolute atomic E-state index is 0.105. The zero-order valence-electron chi connectivity index (χ0n) is 11.7. The zero-order chi connectivity index (χ0) is 14.4. The molecule has 7 nitrogen and oxygen atoms in total. The van der Waals surface area contributed by atoms with Crippen molar-refractivity contribution in [3.8, 4) is 5.82 Å². The summed E-state index contributed by atoms with van der Waals surface area (Å²) in [6.45, 7) is 1.61. The largest absolute Gasteiger partial charge is 0.352 e. The Balaban J connectivity index is 1.88. The average molecular weight is 274 g/mol. The Labute approximate surface area is 117 Å². The first-order valence-electron chi connectivity index (χ1n) is 6.41. The van der Waals surface area contributed by atoms with Gasteiger partial charge in [0.1, 0.15) is 18.5 Å². The molecular formula is C13H18N6O. The van der Waals surface area contributed by atoms with Crippen LogP contribution in [0.3, 0.4) is 0 Å². The lowest BCUT2D eigenvalue weighted by Gasteiger charge is -2.10. The number of nitrogens with zero attached hydrogens (tertiary/aromatic N) is 5. The standard InChI is InChI=1S/C13H18N6O/c1-18(2)7-3-6-14-13(20)11-4-5-12(15-8-11)19-9-16-17-10-19/h4-5,8-10H,3,6-7H2,1-2H3,(H,14,20). The molecule has 0 radical (unpaired) electrons. The second kappa shape index (κ2) is 6.76. The summed E-state index contributed by atoms with van der Waals surface area (Å²) in [4.78, 5) is 18.2. The fourth-order valence-electron chi connectivity index (χ4n) is 1.69. The molecule has 0 fully saturated rings. The van der Waals surface area contributed by atoms with Crippen molar-refractivity contribution in [3.63, 3.8) is 0 Å². The fourth-order valence-corrected chi connectivity index (χ4v) is 1.69. The molecule has 0 bridgehead atoms. The molecule has 2 aromatic rings. The van der Waals surface area contributed by atoms with E-state index in [0.717, 1.165) is 13.0 Å². The molecule has 0 atom stereocenters. The highest BCUT2D eigenvalue weighted by Gasteiger charge is 2.06. The van der Waals surface area contributed by atoms with Crippen LogP contribution in [0.1, 0.15) is 16.8 Å². The lowest BCUT2D eigenvalue weighted by atomic mass is 10.2. The van der Waals surface area contributed by atoms with Gasteiger partial charge < -0.3 is 10.2 Å². The van der Waals surface area contributed by atoms with E-state index in [0.29, 0.717) is 17.9 Å². The molecule has 1 N–H and O–H groups in total. The summed E-state index contributed by atoms with van der Waals surface area (Å²) in [6, 6.07) is 3.50. The third-order valence-electron chi connectivity index (χ3n) is 2.76. The first-order chi connectivity index (χ1) is 9.66. The molecule has 2 rings (SSSR count). The van der Waals surface area contributed by atoms with Gasteiger partial charge in [-0.15, -0.1) is 10.2 Å². The van der Waals surface area contributed by atoms with Crippen LogP contribution in [-0.4, -0.2) is 57.7 Å². The number of carbonyl (C=O) groups excluding carboxylic acids is 1. The van der Waals surface area contributed by atoms with E-state index in [1.165, 1.54) is 0 Å². The number of pyridine rings is 1. The van der Waals surface area contributed by atoms with Gasteiger partial charge in [0.2, 0.25) is 0 Å². The quantitative estimate of drug-likeness (QED) is 0.769. The second-order valence-corrected chi connectivity index (χ2v) is 4.69. The second-order valence-electron chi connectivity index (χ2n) is 4.69. The number of rotatable bonds is 6. The fraction of sp³-hybridized carbons (Fsp3) is 0.385. The maximum absolute atomic E-state index is 11.9. The minimum Gasteiger partial charge on any atom is -0.352 e. The van der Waals surface area contributed by atoms with E-state index in [2.05, 4.69) is 25.4 Å². The lowest BCUT2D eigenvalue weighted by Crippen LogP contribution is -2.27. The zero-order valence-corrected chi connectivity index (χ0v) is 11.7. The van der Waals surface area contributed by atoms with Gasteiger partial charge in [-0.2, -0.15) is 0 Å². The highest BCUT2D eigenvalue weighted by atomic mass is 16.1. The number of amides is 1. The molecule has 0 spiro atoms. The van der Waals surface area contributed by atoms with Gasteiger partial charge in [-0.05, 0) is 39.2 Å². The molecule has 106 valence electrons. The smallest absolute Gasteiger partial charge is 0.252 e. The average Bonchev–Trinajstić information content (AvgIpc) is 2.97. The van der Waals surface area contributed by atoms with Gasteiger partial charge in [0, 0.05) is 12.7 Å². The molecule has 0 aliphatic carbocycles. The van der Waals surface area contributed by atoms with E-state index in [-0.39, 0.29) is 5.91 Å². The minimum atomic E-state index is -0.105. The maximum Gasteiger partial charge on any atom is 0.252 e. The van der Waals surface area contributed by atoms with Crippen molar-refractivity contribution in [1.82, 2.24) is 30.0 Å². The highest BCUT2D eigenvalue weighted by Crippen LogP contribution is 2.04. The van der Waals surface area contributed by atoms with Gasteiger partial charge in [-0.3, -0.25) is 9.36 Å². The topological polar surface area (TPSA) is 75.9 Å². The monoisotopic (exact) mass is 274 g/mol. The van der Waals surface area contributed by atoms with Crippen LogP contribution in [0.4, 0.5) is 0 Å². The van der Waals surface area contributed by atoms with Crippen LogP contribution >= 0.6 is 0 Å². The third kappa shape index (κ3) is 3.86. The summed E-state index contributed by atoms with van der Waals surface area (Å²) in [7, 11) is 4.02. The van der Waals surface area contributed by atoms with Gasteiger partial charge >= 0.3 is 0 Å². The Bertz CT molecular complexity index is 534.